The molecule has 0 bridgehead atoms. The molecule has 3 aliphatic rings. The van der Waals surface area contributed by atoms with Crippen LogP contribution in [0.4, 0.5) is 0 Å². The third kappa shape index (κ3) is 0.681. The van der Waals surface area contributed by atoms with Crippen molar-refractivity contribution in [3.8, 4) is 0 Å². The predicted molar refractivity (Wildman–Crippen MR) is 41.7 cm³/mol. The quantitative estimate of drug-likeness (QED) is 0.520. The van der Waals surface area contributed by atoms with E-state index in [2.05, 4.69) is 0 Å². The van der Waals surface area contributed by atoms with E-state index in [-0.39, 0.29) is 0 Å². The third-order valence-corrected chi connectivity index (χ3v) is 3.89. The largest absolute Gasteiger partial charge is 0.0530 e. The lowest BCUT2D eigenvalue weighted by Gasteiger charge is -2.04. The summed E-state index contributed by atoms with van der Waals surface area (Å²) in [5, 5.41) is 0. The van der Waals surface area contributed by atoms with Crippen molar-refractivity contribution in [3.05, 3.63) is 0 Å². The van der Waals surface area contributed by atoms with Gasteiger partial charge in [-0.1, -0.05) is 12.8 Å². The molecule has 0 saturated heterocycles. The molecule has 3 fully saturated rings. The first-order valence-electron chi connectivity index (χ1n) is 4.97. The normalized spacial score (nSPS) is 52.2. The summed E-state index contributed by atoms with van der Waals surface area (Å²) in [5.74, 6) is 4.90. The van der Waals surface area contributed by atoms with E-state index in [1.165, 1.54) is 23.7 Å². The summed E-state index contributed by atoms with van der Waals surface area (Å²) in [6.07, 6.45) is 9.43. The minimum absolute atomic E-state index is 1.22. The maximum atomic E-state index is 1.59. The maximum Gasteiger partial charge on any atom is -0.0323 e. The molecule has 2 atom stereocenters. The molecular weight excluding hydrogens is 120 g/mol. The van der Waals surface area contributed by atoms with Gasteiger partial charge in [-0.3, -0.25) is 0 Å². The average Bonchev–Trinajstić information content (AvgIpc) is 2.81. The van der Waals surface area contributed by atoms with Crippen LogP contribution in [0, 0.1) is 23.7 Å². The molecule has 0 aromatic rings. The second-order valence-electron chi connectivity index (χ2n) is 4.53. The Balaban J connectivity index is 1.69. The van der Waals surface area contributed by atoms with E-state index in [0.717, 1.165) is 0 Å². The van der Waals surface area contributed by atoms with E-state index in [0.29, 0.717) is 0 Å². The van der Waals surface area contributed by atoms with Gasteiger partial charge in [0.1, 0.15) is 0 Å². The zero-order chi connectivity index (χ0) is 6.55. The van der Waals surface area contributed by atoms with Gasteiger partial charge in [0.15, 0.2) is 0 Å². The van der Waals surface area contributed by atoms with Crippen LogP contribution in [0.1, 0.15) is 38.5 Å². The minimum Gasteiger partial charge on any atom is -0.0530 e. The van der Waals surface area contributed by atoms with Crippen molar-refractivity contribution in [3.63, 3.8) is 0 Å². The third-order valence-electron chi connectivity index (χ3n) is 3.89. The molecule has 10 heavy (non-hydrogen) atoms. The van der Waals surface area contributed by atoms with Gasteiger partial charge >= 0.3 is 0 Å². The van der Waals surface area contributed by atoms with Crippen LogP contribution >= 0.6 is 0 Å². The van der Waals surface area contributed by atoms with E-state index in [4.69, 9.17) is 0 Å². The number of rotatable bonds is 1. The van der Waals surface area contributed by atoms with Crippen LogP contribution in [0.15, 0.2) is 0 Å². The lowest BCUT2D eigenvalue weighted by atomic mass is 10.0. The lowest BCUT2D eigenvalue weighted by molar-refractivity contribution is 0.480. The smallest absolute Gasteiger partial charge is 0.0323 e. The van der Waals surface area contributed by atoms with Gasteiger partial charge in [0.25, 0.3) is 0 Å². The molecule has 3 saturated carbocycles. The molecule has 2 unspecified atom stereocenters. The number of hydrogen-bond donors (Lipinski definition) is 0. The summed E-state index contributed by atoms with van der Waals surface area (Å²) in [6.45, 7) is 0. The first kappa shape index (κ1) is 5.62. The summed E-state index contributed by atoms with van der Waals surface area (Å²) < 4.78 is 0. The van der Waals surface area contributed by atoms with Crippen LogP contribution in [0.25, 0.3) is 0 Å². The molecule has 56 valence electrons. The molecule has 0 amide bonds. The molecule has 0 heterocycles. The standard InChI is InChI=1S/C10H16/c1-2-4-9-8(3-1)10(9)7-5-6-7/h7-10H,1-6H2. The molecule has 0 aliphatic heterocycles. The summed E-state index contributed by atoms with van der Waals surface area (Å²) >= 11 is 0. The monoisotopic (exact) mass is 136 g/mol. The number of fused-ring (bicyclic) bond motifs is 1. The van der Waals surface area contributed by atoms with Gasteiger partial charge in [0, 0.05) is 0 Å². The number of hydrogen-bond acceptors (Lipinski definition) is 0. The van der Waals surface area contributed by atoms with E-state index in [9.17, 15) is 0 Å². The topological polar surface area (TPSA) is 0 Å². The van der Waals surface area contributed by atoms with Crippen LogP contribution in [-0.4, -0.2) is 0 Å². The maximum absolute atomic E-state index is 1.59. The highest BCUT2D eigenvalue weighted by Crippen LogP contribution is 2.64. The summed E-state index contributed by atoms with van der Waals surface area (Å²) in [5.41, 5.74) is 0. The molecule has 0 nitrogen and oxygen atoms in total. The van der Waals surface area contributed by atoms with Crippen molar-refractivity contribution in [2.24, 2.45) is 23.7 Å². The molecule has 0 heteroatoms. The van der Waals surface area contributed by atoms with Crippen LogP contribution in [-0.2, 0) is 0 Å². The molecule has 0 spiro atoms. The predicted octanol–water partition coefficient (Wildman–Crippen LogP) is 2.83. The highest BCUT2D eigenvalue weighted by Gasteiger charge is 2.56. The van der Waals surface area contributed by atoms with Crippen molar-refractivity contribution in [2.45, 2.75) is 38.5 Å². The van der Waals surface area contributed by atoms with Gasteiger partial charge in [0.05, 0.1) is 0 Å². The molecule has 0 aromatic heterocycles. The molecule has 0 radical (unpaired) electrons. The Morgan fingerprint density at radius 2 is 1.30 bits per heavy atom. The van der Waals surface area contributed by atoms with Gasteiger partial charge in [-0.25, -0.2) is 0 Å². The summed E-state index contributed by atoms with van der Waals surface area (Å²) in [6, 6.07) is 0. The van der Waals surface area contributed by atoms with Gasteiger partial charge < -0.3 is 0 Å². The summed E-state index contributed by atoms with van der Waals surface area (Å²) in [7, 11) is 0. The second-order valence-corrected chi connectivity index (χ2v) is 4.53. The van der Waals surface area contributed by atoms with Crippen molar-refractivity contribution in [1.29, 1.82) is 0 Å². The van der Waals surface area contributed by atoms with Crippen molar-refractivity contribution < 1.29 is 0 Å². The van der Waals surface area contributed by atoms with Crippen LogP contribution in [0.3, 0.4) is 0 Å². The Labute approximate surface area is 63.0 Å². The van der Waals surface area contributed by atoms with E-state index < -0.39 is 0 Å². The zero-order valence-electron chi connectivity index (χ0n) is 6.55. The Hall–Kier alpha value is 0. The fourth-order valence-electron chi connectivity index (χ4n) is 3.23. The van der Waals surface area contributed by atoms with E-state index in [1.807, 2.05) is 0 Å². The fourth-order valence-corrected chi connectivity index (χ4v) is 3.23. The minimum atomic E-state index is 1.22. The van der Waals surface area contributed by atoms with Gasteiger partial charge in [-0.15, -0.1) is 0 Å². The Kier molecular flexibility index (Phi) is 1.00. The molecule has 0 aromatic carbocycles. The van der Waals surface area contributed by atoms with Crippen LogP contribution in [0.5, 0.6) is 0 Å². The molecular formula is C10H16. The first-order chi connectivity index (χ1) is 4.97. The van der Waals surface area contributed by atoms with Gasteiger partial charge in [0.2, 0.25) is 0 Å². The van der Waals surface area contributed by atoms with Gasteiger partial charge in [-0.05, 0) is 49.4 Å². The zero-order valence-corrected chi connectivity index (χ0v) is 6.55. The molecule has 0 N–H and O–H groups in total. The average molecular weight is 136 g/mol. The lowest BCUT2D eigenvalue weighted by Crippen LogP contribution is -1.91. The van der Waals surface area contributed by atoms with Gasteiger partial charge in [-0.2, -0.15) is 0 Å². The van der Waals surface area contributed by atoms with E-state index in [1.54, 1.807) is 38.5 Å². The van der Waals surface area contributed by atoms with E-state index >= 15 is 0 Å². The van der Waals surface area contributed by atoms with Crippen molar-refractivity contribution >= 4 is 0 Å². The Morgan fingerprint density at radius 1 is 0.700 bits per heavy atom. The van der Waals surface area contributed by atoms with Crippen LogP contribution in [0.2, 0.25) is 0 Å². The Morgan fingerprint density at radius 3 is 1.80 bits per heavy atom. The highest BCUT2D eigenvalue weighted by atomic mass is 14.6. The Bertz CT molecular complexity index is 134. The SMILES string of the molecule is C1CCC2C(C1)C2C1CC1. The fraction of sp³-hybridized carbons (Fsp3) is 1.00. The first-order valence-corrected chi connectivity index (χ1v) is 4.97. The molecule has 3 aliphatic carbocycles. The van der Waals surface area contributed by atoms with Crippen LogP contribution < -0.4 is 0 Å². The van der Waals surface area contributed by atoms with Crippen molar-refractivity contribution in [2.75, 3.05) is 0 Å². The molecule has 3 rings (SSSR count). The summed E-state index contributed by atoms with van der Waals surface area (Å²) in [4.78, 5) is 0. The highest BCUT2D eigenvalue weighted by molar-refractivity contribution is 5.05. The van der Waals surface area contributed by atoms with Crippen molar-refractivity contribution in [1.82, 2.24) is 0 Å². The second kappa shape index (κ2) is 1.78.